The summed E-state index contributed by atoms with van der Waals surface area (Å²) < 4.78 is 11.0. The van der Waals surface area contributed by atoms with E-state index in [1.165, 1.54) is 0 Å². The van der Waals surface area contributed by atoms with Crippen molar-refractivity contribution in [2.75, 3.05) is 5.32 Å². The minimum Gasteiger partial charge on any atom is -0.489 e. The van der Waals surface area contributed by atoms with Crippen LogP contribution < -0.4 is 14.8 Å². The predicted molar refractivity (Wildman–Crippen MR) is 98.0 cm³/mol. The molecule has 0 atom stereocenters. The average Bonchev–Trinajstić information content (AvgIpc) is 2.64. The molecule has 0 saturated heterocycles. The van der Waals surface area contributed by atoms with Crippen molar-refractivity contribution in [1.82, 2.24) is 0 Å². The van der Waals surface area contributed by atoms with Gasteiger partial charge in [-0.15, -0.1) is 0 Å². The maximum Gasteiger partial charge on any atom is 0.417 e. The van der Waals surface area contributed by atoms with Crippen molar-refractivity contribution in [3.63, 3.8) is 0 Å². The summed E-state index contributed by atoms with van der Waals surface area (Å²) in [5.41, 5.74) is 2.92. The Morgan fingerprint density at radius 2 is 1.48 bits per heavy atom. The number of carbonyl (C=O) groups is 1. The number of nitrogens with one attached hydrogen (secondary N) is 1. The van der Waals surface area contributed by atoms with Gasteiger partial charge in [0.25, 0.3) is 0 Å². The van der Waals surface area contributed by atoms with E-state index in [2.05, 4.69) is 5.32 Å². The van der Waals surface area contributed by atoms with Gasteiger partial charge in [-0.3, -0.25) is 5.32 Å². The van der Waals surface area contributed by atoms with E-state index in [1.54, 1.807) is 24.3 Å². The Balaban J connectivity index is 1.51. The third-order valence-corrected chi connectivity index (χ3v) is 3.58. The summed E-state index contributed by atoms with van der Waals surface area (Å²) in [4.78, 5) is 11.9. The maximum absolute atomic E-state index is 11.9. The number of hydrogen-bond donors (Lipinski definition) is 1. The molecule has 1 amide bonds. The van der Waals surface area contributed by atoms with Crippen molar-refractivity contribution in [3.8, 4) is 11.5 Å². The largest absolute Gasteiger partial charge is 0.489 e. The number of ether oxygens (including phenoxy) is 2. The highest BCUT2D eigenvalue weighted by Gasteiger charge is 2.05. The van der Waals surface area contributed by atoms with Gasteiger partial charge in [-0.05, 0) is 48.9 Å². The van der Waals surface area contributed by atoms with E-state index in [-0.39, 0.29) is 0 Å². The Bertz CT molecular complexity index is 812. The summed E-state index contributed by atoms with van der Waals surface area (Å²) in [6.45, 7) is 2.48. The van der Waals surface area contributed by atoms with Crippen molar-refractivity contribution < 1.29 is 14.3 Å². The molecule has 0 saturated carbocycles. The van der Waals surface area contributed by atoms with Crippen LogP contribution in [0, 0.1) is 6.92 Å². The van der Waals surface area contributed by atoms with Crippen LogP contribution in [0.4, 0.5) is 10.5 Å². The first-order chi connectivity index (χ1) is 12.2. The van der Waals surface area contributed by atoms with E-state index in [1.807, 2.05) is 61.5 Å². The minimum atomic E-state index is -0.526. The number of amides is 1. The molecule has 3 aromatic carbocycles. The van der Waals surface area contributed by atoms with E-state index in [0.29, 0.717) is 18.0 Å². The van der Waals surface area contributed by atoms with Crippen molar-refractivity contribution in [2.45, 2.75) is 13.5 Å². The lowest BCUT2D eigenvalue weighted by Gasteiger charge is -2.09. The third-order valence-electron chi connectivity index (χ3n) is 3.58. The monoisotopic (exact) mass is 333 g/mol. The highest BCUT2D eigenvalue weighted by molar-refractivity contribution is 5.86. The molecule has 1 N–H and O–H groups in total. The number of hydrogen-bond acceptors (Lipinski definition) is 3. The minimum absolute atomic E-state index is 0.455. The van der Waals surface area contributed by atoms with Crippen LogP contribution in [-0.4, -0.2) is 6.09 Å². The summed E-state index contributed by atoms with van der Waals surface area (Å²) in [7, 11) is 0. The molecule has 0 bridgehead atoms. The number of carbonyl (C=O) groups excluding carboxylic acids is 1. The molecule has 4 heteroatoms. The van der Waals surface area contributed by atoms with Gasteiger partial charge in [0.2, 0.25) is 0 Å². The van der Waals surface area contributed by atoms with Crippen molar-refractivity contribution >= 4 is 11.8 Å². The summed E-state index contributed by atoms with van der Waals surface area (Å²) >= 11 is 0. The topological polar surface area (TPSA) is 47.6 Å². The van der Waals surface area contributed by atoms with E-state index in [4.69, 9.17) is 9.47 Å². The Morgan fingerprint density at radius 1 is 0.840 bits per heavy atom. The van der Waals surface area contributed by atoms with Crippen molar-refractivity contribution in [2.24, 2.45) is 0 Å². The fraction of sp³-hybridized carbons (Fsp3) is 0.0952. The number of anilines is 1. The number of benzene rings is 3. The third kappa shape index (κ3) is 5.11. The smallest absolute Gasteiger partial charge is 0.417 e. The van der Waals surface area contributed by atoms with Gasteiger partial charge in [-0.1, -0.05) is 48.0 Å². The van der Waals surface area contributed by atoms with Crippen LogP contribution >= 0.6 is 0 Å². The fourth-order valence-electron chi connectivity index (χ4n) is 2.23. The average molecular weight is 333 g/mol. The molecule has 4 nitrogen and oxygen atoms in total. The fourth-order valence-corrected chi connectivity index (χ4v) is 2.23. The van der Waals surface area contributed by atoms with Gasteiger partial charge in [-0.25, -0.2) is 4.79 Å². The van der Waals surface area contributed by atoms with Crippen LogP contribution in [0.3, 0.4) is 0 Å². The van der Waals surface area contributed by atoms with Gasteiger partial charge >= 0.3 is 6.09 Å². The van der Waals surface area contributed by atoms with E-state index in [0.717, 1.165) is 16.9 Å². The van der Waals surface area contributed by atoms with E-state index >= 15 is 0 Å². The summed E-state index contributed by atoms with van der Waals surface area (Å²) in [6, 6.07) is 24.4. The van der Waals surface area contributed by atoms with Crippen LogP contribution in [0.5, 0.6) is 11.5 Å². The molecule has 3 aromatic rings. The molecule has 126 valence electrons. The van der Waals surface area contributed by atoms with Crippen LogP contribution in [0.2, 0.25) is 0 Å². The lowest BCUT2D eigenvalue weighted by molar-refractivity contribution is 0.215. The second-order valence-corrected chi connectivity index (χ2v) is 5.63. The molecule has 0 spiro atoms. The van der Waals surface area contributed by atoms with Gasteiger partial charge < -0.3 is 9.47 Å². The van der Waals surface area contributed by atoms with Gasteiger partial charge in [-0.2, -0.15) is 0 Å². The molecular formula is C21H19NO3. The van der Waals surface area contributed by atoms with Gasteiger partial charge in [0, 0.05) is 5.69 Å². The highest BCUT2D eigenvalue weighted by atomic mass is 16.6. The lowest BCUT2D eigenvalue weighted by atomic mass is 10.2. The van der Waals surface area contributed by atoms with Crippen LogP contribution in [0.15, 0.2) is 78.9 Å². The van der Waals surface area contributed by atoms with Crippen LogP contribution in [-0.2, 0) is 6.61 Å². The number of aryl methyl sites for hydroxylation is 1. The summed E-state index contributed by atoms with van der Waals surface area (Å²) in [6.07, 6.45) is -0.526. The Labute approximate surface area is 147 Å². The van der Waals surface area contributed by atoms with Crippen LogP contribution in [0.1, 0.15) is 11.1 Å². The molecule has 25 heavy (non-hydrogen) atoms. The van der Waals surface area contributed by atoms with Gasteiger partial charge in [0.05, 0.1) is 0 Å². The molecular weight excluding hydrogens is 314 g/mol. The zero-order valence-electron chi connectivity index (χ0n) is 13.9. The molecule has 0 aliphatic heterocycles. The van der Waals surface area contributed by atoms with Crippen molar-refractivity contribution in [1.29, 1.82) is 0 Å². The Morgan fingerprint density at radius 3 is 2.16 bits per heavy atom. The second-order valence-electron chi connectivity index (χ2n) is 5.63. The number of rotatable bonds is 5. The van der Waals surface area contributed by atoms with Gasteiger partial charge in [0.15, 0.2) is 0 Å². The molecule has 0 heterocycles. The molecule has 0 aliphatic rings. The summed E-state index contributed by atoms with van der Waals surface area (Å²) in [5, 5.41) is 2.69. The Kier molecular flexibility index (Phi) is 5.32. The van der Waals surface area contributed by atoms with E-state index < -0.39 is 6.09 Å². The first-order valence-electron chi connectivity index (χ1n) is 8.01. The molecule has 0 aromatic heterocycles. The van der Waals surface area contributed by atoms with Crippen molar-refractivity contribution in [3.05, 3.63) is 90.0 Å². The normalized spacial score (nSPS) is 10.1. The molecule has 0 aliphatic carbocycles. The highest BCUT2D eigenvalue weighted by Crippen LogP contribution is 2.19. The molecule has 0 unspecified atom stereocenters. The quantitative estimate of drug-likeness (QED) is 0.699. The first-order valence-corrected chi connectivity index (χ1v) is 8.01. The lowest BCUT2D eigenvalue weighted by Crippen LogP contribution is -2.16. The molecule has 0 fully saturated rings. The Hall–Kier alpha value is -3.27. The second kappa shape index (κ2) is 8.02. The zero-order valence-corrected chi connectivity index (χ0v) is 13.9. The zero-order chi connectivity index (χ0) is 17.5. The van der Waals surface area contributed by atoms with E-state index in [9.17, 15) is 4.79 Å². The SMILES string of the molecule is Cc1ccc(NC(=O)Oc2ccc(OCc3ccccc3)cc2)cc1. The predicted octanol–water partition coefficient (Wildman–Crippen LogP) is 5.18. The van der Waals surface area contributed by atoms with Gasteiger partial charge in [0.1, 0.15) is 18.1 Å². The summed E-state index contributed by atoms with van der Waals surface area (Å²) in [5.74, 6) is 1.17. The molecule has 0 radical (unpaired) electrons. The van der Waals surface area contributed by atoms with Crippen LogP contribution in [0.25, 0.3) is 0 Å². The molecule has 3 rings (SSSR count). The first kappa shape index (κ1) is 16.6. The maximum atomic E-state index is 11.9. The standard InChI is InChI=1S/C21H19NO3/c1-16-7-9-18(10-8-16)22-21(23)25-20-13-11-19(12-14-20)24-15-17-5-3-2-4-6-17/h2-14H,15H2,1H3,(H,22,23).